The minimum absolute atomic E-state index is 0.367. The Labute approximate surface area is 140 Å². The Bertz CT molecular complexity index is 715. The molecule has 1 aromatic heterocycles. The van der Waals surface area contributed by atoms with Crippen LogP contribution < -0.4 is 10.1 Å². The molecular formula is C18H19NO5. The lowest BCUT2D eigenvalue weighted by Gasteiger charge is -2.07. The van der Waals surface area contributed by atoms with Crippen LogP contribution in [0.15, 0.2) is 46.9 Å². The minimum atomic E-state index is -0.620. The number of nitrogens with one attached hydrogen (secondary N) is 1. The summed E-state index contributed by atoms with van der Waals surface area (Å²) in [7, 11) is 0. The van der Waals surface area contributed by atoms with E-state index in [1.165, 1.54) is 12.2 Å². The summed E-state index contributed by atoms with van der Waals surface area (Å²) in [5.41, 5.74) is 0.598. The summed E-state index contributed by atoms with van der Waals surface area (Å²) in [4.78, 5) is 23.3. The van der Waals surface area contributed by atoms with Gasteiger partial charge in [0.25, 0.3) is 5.91 Å². The van der Waals surface area contributed by atoms with Gasteiger partial charge in [0.05, 0.1) is 6.61 Å². The maximum absolute atomic E-state index is 11.7. The van der Waals surface area contributed by atoms with Gasteiger partial charge in [0, 0.05) is 11.8 Å². The number of anilines is 1. The van der Waals surface area contributed by atoms with Crippen LogP contribution in [0.5, 0.6) is 5.75 Å². The van der Waals surface area contributed by atoms with Crippen molar-refractivity contribution in [1.29, 1.82) is 0 Å². The predicted molar refractivity (Wildman–Crippen MR) is 89.7 cm³/mol. The standard InChI is InChI=1S/C18H19NO5/c1-3-22-15-8-5-14(6-9-15)19-17(20)12-23-18(21)11-10-16-7-4-13(2)24-16/h4-11H,3,12H2,1-2H3,(H,19,20)/b11-10+. The second-order valence-corrected chi connectivity index (χ2v) is 4.90. The number of ether oxygens (including phenoxy) is 2. The number of carbonyl (C=O) groups is 2. The van der Waals surface area contributed by atoms with E-state index in [-0.39, 0.29) is 6.61 Å². The van der Waals surface area contributed by atoms with Gasteiger partial charge in [0.2, 0.25) is 0 Å². The van der Waals surface area contributed by atoms with Crippen LogP contribution in [0, 0.1) is 6.92 Å². The lowest BCUT2D eigenvalue weighted by atomic mass is 10.3. The van der Waals surface area contributed by atoms with Gasteiger partial charge in [-0.25, -0.2) is 4.79 Å². The van der Waals surface area contributed by atoms with Gasteiger partial charge in [-0.05, 0) is 56.3 Å². The molecule has 0 aliphatic carbocycles. The molecule has 1 aromatic carbocycles. The summed E-state index contributed by atoms with van der Waals surface area (Å²) in [5.74, 6) is 0.974. The van der Waals surface area contributed by atoms with Crippen molar-refractivity contribution in [2.24, 2.45) is 0 Å². The van der Waals surface area contributed by atoms with Gasteiger partial charge in [0.1, 0.15) is 17.3 Å². The molecule has 0 aliphatic heterocycles. The van der Waals surface area contributed by atoms with E-state index in [9.17, 15) is 9.59 Å². The predicted octanol–water partition coefficient (Wildman–Crippen LogP) is 3.18. The highest BCUT2D eigenvalue weighted by atomic mass is 16.5. The first-order valence-electron chi connectivity index (χ1n) is 7.51. The van der Waals surface area contributed by atoms with E-state index in [0.717, 1.165) is 11.5 Å². The molecule has 6 heteroatoms. The molecule has 126 valence electrons. The summed E-state index contributed by atoms with van der Waals surface area (Å²) >= 11 is 0. The van der Waals surface area contributed by atoms with Gasteiger partial charge in [-0.15, -0.1) is 0 Å². The third kappa shape index (κ3) is 5.64. The summed E-state index contributed by atoms with van der Waals surface area (Å²) in [6, 6.07) is 10.4. The number of amides is 1. The fraction of sp³-hybridized carbons (Fsp3) is 0.222. The average Bonchev–Trinajstić information content (AvgIpc) is 2.98. The maximum Gasteiger partial charge on any atom is 0.331 e. The average molecular weight is 329 g/mol. The zero-order valence-electron chi connectivity index (χ0n) is 13.6. The molecule has 2 rings (SSSR count). The summed E-state index contributed by atoms with van der Waals surface area (Å²) < 4.78 is 15.5. The van der Waals surface area contributed by atoms with Crippen LogP contribution in [-0.4, -0.2) is 25.1 Å². The van der Waals surface area contributed by atoms with E-state index in [2.05, 4.69) is 5.32 Å². The Morgan fingerprint density at radius 2 is 1.92 bits per heavy atom. The third-order valence-corrected chi connectivity index (χ3v) is 2.94. The quantitative estimate of drug-likeness (QED) is 0.623. The molecule has 1 heterocycles. The lowest BCUT2D eigenvalue weighted by molar-refractivity contribution is -0.142. The number of benzene rings is 1. The SMILES string of the molecule is CCOc1ccc(NC(=O)COC(=O)/C=C/c2ccc(C)o2)cc1. The molecule has 1 amide bonds. The van der Waals surface area contributed by atoms with Gasteiger partial charge in [0.15, 0.2) is 6.61 Å². The zero-order valence-corrected chi connectivity index (χ0v) is 13.6. The van der Waals surface area contributed by atoms with Crippen LogP contribution in [0.4, 0.5) is 5.69 Å². The molecule has 24 heavy (non-hydrogen) atoms. The Hall–Kier alpha value is -3.02. The van der Waals surface area contributed by atoms with Crippen LogP contribution in [0.1, 0.15) is 18.4 Å². The van der Waals surface area contributed by atoms with Crippen molar-refractivity contribution in [3.8, 4) is 5.75 Å². The molecule has 0 spiro atoms. The van der Waals surface area contributed by atoms with E-state index < -0.39 is 11.9 Å². The van der Waals surface area contributed by atoms with Crippen molar-refractivity contribution < 1.29 is 23.5 Å². The van der Waals surface area contributed by atoms with Crippen molar-refractivity contribution in [2.45, 2.75) is 13.8 Å². The molecule has 2 aromatic rings. The number of carbonyl (C=O) groups excluding carboxylic acids is 2. The normalized spacial score (nSPS) is 10.6. The first-order valence-corrected chi connectivity index (χ1v) is 7.51. The van der Waals surface area contributed by atoms with Crippen molar-refractivity contribution in [3.05, 3.63) is 54.0 Å². The molecular weight excluding hydrogens is 310 g/mol. The minimum Gasteiger partial charge on any atom is -0.494 e. The van der Waals surface area contributed by atoms with Crippen molar-refractivity contribution in [2.75, 3.05) is 18.5 Å². The molecule has 0 fully saturated rings. The molecule has 0 atom stereocenters. The van der Waals surface area contributed by atoms with E-state index >= 15 is 0 Å². The van der Waals surface area contributed by atoms with E-state index in [0.29, 0.717) is 18.1 Å². The smallest absolute Gasteiger partial charge is 0.331 e. The Morgan fingerprint density at radius 1 is 1.17 bits per heavy atom. The van der Waals surface area contributed by atoms with Gasteiger partial charge in [-0.2, -0.15) is 0 Å². The molecule has 0 aliphatic rings. The molecule has 0 saturated carbocycles. The van der Waals surface area contributed by atoms with Crippen molar-refractivity contribution >= 4 is 23.6 Å². The third-order valence-electron chi connectivity index (χ3n) is 2.94. The number of rotatable bonds is 7. The van der Waals surface area contributed by atoms with Crippen LogP contribution in [0.2, 0.25) is 0 Å². The van der Waals surface area contributed by atoms with E-state index in [4.69, 9.17) is 13.9 Å². The van der Waals surface area contributed by atoms with Gasteiger partial charge < -0.3 is 19.2 Å². The summed E-state index contributed by atoms with van der Waals surface area (Å²) in [5, 5.41) is 2.63. The zero-order chi connectivity index (χ0) is 17.4. The van der Waals surface area contributed by atoms with Crippen LogP contribution in [0.25, 0.3) is 6.08 Å². The van der Waals surface area contributed by atoms with Gasteiger partial charge in [-0.1, -0.05) is 0 Å². The van der Waals surface area contributed by atoms with Crippen molar-refractivity contribution in [3.63, 3.8) is 0 Å². The maximum atomic E-state index is 11.7. The number of hydrogen-bond donors (Lipinski definition) is 1. The summed E-state index contributed by atoms with van der Waals surface area (Å²) in [6.45, 7) is 3.91. The highest BCUT2D eigenvalue weighted by molar-refractivity contribution is 5.94. The highest BCUT2D eigenvalue weighted by Gasteiger charge is 2.06. The fourth-order valence-corrected chi connectivity index (χ4v) is 1.88. The van der Waals surface area contributed by atoms with Crippen LogP contribution in [-0.2, 0) is 14.3 Å². The molecule has 0 radical (unpaired) electrons. The second-order valence-electron chi connectivity index (χ2n) is 4.90. The fourth-order valence-electron chi connectivity index (χ4n) is 1.88. The summed E-state index contributed by atoms with van der Waals surface area (Å²) in [6.07, 6.45) is 2.70. The second kappa shape index (κ2) is 8.57. The van der Waals surface area contributed by atoms with Crippen LogP contribution in [0.3, 0.4) is 0 Å². The van der Waals surface area contributed by atoms with Crippen molar-refractivity contribution in [1.82, 2.24) is 0 Å². The molecule has 0 bridgehead atoms. The number of furan rings is 1. The van der Waals surface area contributed by atoms with Gasteiger partial charge >= 0.3 is 5.97 Å². The number of hydrogen-bond acceptors (Lipinski definition) is 5. The topological polar surface area (TPSA) is 77.8 Å². The lowest BCUT2D eigenvalue weighted by Crippen LogP contribution is -2.20. The number of aryl methyl sites for hydroxylation is 1. The van der Waals surface area contributed by atoms with Crippen LogP contribution >= 0.6 is 0 Å². The largest absolute Gasteiger partial charge is 0.494 e. The molecule has 1 N–H and O–H groups in total. The number of esters is 1. The molecule has 0 unspecified atom stereocenters. The molecule has 0 saturated heterocycles. The highest BCUT2D eigenvalue weighted by Crippen LogP contribution is 2.15. The first-order chi connectivity index (χ1) is 11.6. The van der Waals surface area contributed by atoms with E-state index in [1.807, 2.05) is 6.92 Å². The molecule has 6 nitrogen and oxygen atoms in total. The van der Waals surface area contributed by atoms with Gasteiger partial charge in [-0.3, -0.25) is 4.79 Å². The Balaban J connectivity index is 1.75. The Kier molecular flexibility index (Phi) is 6.19. The van der Waals surface area contributed by atoms with E-state index in [1.54, 1.807) is 43.3 Å². The Morgan fingerprint density at radius 3 is 2.54 bits per heavy atom. The first kappa shape index (κ1) is 17.3. The monoisotopic (exact) mass is 329 g/mol.